The smallest absolute Gasteiger partial charge is 0.125 e. The Bertz CT molecular complexity index is 432. The van der Waals surface area contributed by atoms with Gasteiger partial charge in [-0.25, -0.2) is 4.98 Å². The van der Waals surface area contributed by atoms with Gasteiger partial charge in [0.2, 0.25) is 0 Å². The molecule has 0 atom stereocenters. The van der Waals surface area contributed by atoms with Crippen LogP contribution in [0.3, 0.4) is 0 Å². The summed E-state index contributed by atoms with van der Waals surface area (Å²) < 4.78 is 0. The molecule has 0 saturated heterocycles. The number of nitrogens with zero attached hydrogens (tertiary/aromatic N) is 2. The Morgan fingerprint density at radius 2 is 2.21 bits per heavy atom. The van der Waals surface area contributed by atoms with Gasteiger partial charge in [0.15, 0.2) is 0 Å². The molecule has 1 saturated carbocycles. The van der Waals surface area contributed by atoms with E-state index < -0.39 is 0 Å². The molecular weight excluding hydrogens is 192 g/mol. The zero-order valence-corrected chi connectivity index (χ0v) is 8.50. The van der Waals surface area contributed by atoms with Crippen molar-refractivity contribution in [3.05, 3.63) is 35.6 Å². The summed E-state index contributed by atoms with van der Waals surface area (Å²) in [6, 6.07) is 2.13. The van der Waals surface area contributed by atoms with Crippen molar-refractivity contribution in [2.24, 2.45) is 0 Å². The third-order valence-electron chi connectivity index (χ3n) is 2.53. The molecule has 3 heteroatoms. The highest BCUT2D eigenvalue weighted by molar-refractivity contribution is 7.13. The lowest BCUT2D eigenvalue weighted by Crippen LogP contribution is -1.87. The van der Waals surface area contributed by atoms with Gasteiger partial charge in [-0.05, 0) is 30.4 Å². The lowest BCUT2D eigenvalue weighted by molar-refractivity contribution is 1.11. The monoisotopic (exact) mass is 202 g/mol. The van der Waals surface area contributed by atoms with Crippen LogP contribution in [0, 0.1) is 0 Å². The molecule has 0 radical (unpaired) electrons. The number of hydrogen-bond acceptors (Lipinski definition) is 3. The molecule has 0 amide bonds. The average molecular weight is 202 g/mol. The molecule has 2 aromatic heterocycles. The minimum Gasteiger partial charge on any atom is -0.264 e. The van der Waals surface area contributed by atoms with E-state index in [4.69, 9.17) is 0 Å². The Kier molecular flexibility index (Phi) is 1.84. The molecule has 1 aliphatic carbocycles. The van der Waals surface area contributed by atoms with Crippen LogP contribution in [0.4, 0.5) is 0 Å². The fourth-order valence-corrected chi connectivity index (χ4v) is 2.36. The number of pyridine rings is 1. The van der Waals surface area contributed by atoms with Crippen LogP contribution in [0.2, 0.25) is 0 Å². The predicted octanol–water partition coefficient (Wildman–Crippen LogP) is 3.08. The maximum absolute atomic E-state index is 4.34. The van der Waals surface area contributed by atoms with E-state index in [1.807, 2.05) is 24.0 Å². The molecule has 0 unspecified atom stereocenters. The maximum atomic E-state index is 4.34. The molecule has 2 nitrogen and oxygen atoms in total. The fraction of sp³-hybridized carbons (Fsp3) is 0.273. The van der Waals surface area contributed by atoms with Gasteiger partial charge in [0.05, 0.1) is 0 Å². The minimum atomic E-state index is 0.761. The molecule has 0 bridgehead atoms. The van der Waals surface area contributed by atoms with Crippen LogP contribution in [0.15, 0.2) is 30.0 Å². The number of hydrogen-bond donors (Lipinski definition) is 0. The molecule has 1 aliphatic rings. The summed E-state index contributed by atoms with van der Waals surface area (Å²) in [6.45, 7) is 0. The third kappa shape index (κ3) is 1.34. The molecule has 0 N–H and O–H groups in total. The van der Waals surface area contributed by atoms with Crippen LogP contribution < -0.4 is 0 Å². The first-order valence-electron chi connectivity index (χ1n) is 4.79. The Morgan fingerprint density at radius 1 is 1.29 bits per heavy atom. The van der Waals surface area contributed by atoms with Crippen molar-refractivity contribution in [1.29, 1.82) is 0 Å². The first kappa shape index (κ1) is 8.12. The Hall–Kier alpha value is -1.22. The van der Waals surface area contributed by atoms with Gasteiger partial charge in [0.1, 0.15) is 5.01 Å². The van der Waals surface area contributed by atoms with E-state index in [2.05, 4.69) is 16.0 Å². The van der Waals surface area contributed by atoms with Crippen LogP contribution >= 0.6 is 11.3 Å². The molecule has 70 valence electrons. The van der Waals surface area contributed by atoms with E-state index in [0.29, 0.717) is 0 Å². The van der Waals surface area contributed by atoms with Gasteiger partial charge in [-0.2, -0.15) is 0 Å². The maximum Gasteiger partial charge on any atom is 0.125 e. The van der Waals surface area contributed by atoms with Crippen LogP contribution in [-0.2, 0) is 0 Å². The van der Waals surface area contributed by atoms with E-state index in [9.17, 15) is 0 Å². The highest BCUT2D eigenvalue weighted by Crippen LogP contribution is 2.44. The predicted molar refractivity (Wildman–Crippen MR) is 57.3 cm³/mol. The van der Waals surface area contributed by atoms with Crippen molar-refractivity contribution in [3.63, 3.8) is 0 Å². The summed E-state index contributed by atoms with van der Waals surface area (Å²) >= 11 is 1.68. The highest BCUT2D eigenvalue weighted by atomic mass is 32.1. The average Bonchev–Trinajstić information content (AvgIpc) is 2.94. The van der Waals surface area contributed by atoms with Crippen molar-refractivity contribution in [2.75, 3.05) is 0 Å². The van der Waals surface area contributed by atoms with Crippen LogP contribution in [-0.4, -0.2) is 9.97 Å². The molecule has 0 spiro atoms. The quantitative estimate of drug-likeness (QED) is 0.748. The van der Waals surface area contributed by atoms with E-state index in [0.717, 1.165) is 10.9 Å². The van der Waals surface area contributed by atoms with Crippen LogP contribution in [0.25, 0.3) is 10.6 Å². The Labute approximate surface area is 86.7 Å². The zero-order chi connectivity index (χ0) is 9.38. The van der Waals surface area contributed by atoms with E-state index in [1.165, 1.54) is 24.0 Å². The second-order valence-corrected chi connectivity index (χ2v) is 4.47. The minimum absolute atomic E-state index is 0.761. The summed E-state index contributed by atoms with van der Waals surface area (Å²) in [7, 11) is 0. The molecule has 2 heterocycles. The normalized spacial score (nSPS) is 15.7. The second kappa shape index (κ2) is 3.17. The van der Waals surface area contributed by atoms with E-state index in [1.54, 1.807) is 11.3 Å². The fourth-order valence-electron chi connectivity index (χ4n) is 1.69. The van der Waals surface area contributed by atoms with Crippen molar-refractivity contribution >= 4 is 11.3 Å². The van der Waals surface area contributed by atoms with Crippen molar-refractivity contribution in [2.45, 2.75) is 18.8 Å². The molecule has 0 aliphatic heterocycles. The highest BCUT2D eigenvalue weighted by Gasteiger charge is 2.26. The molecule has 2 aromatic rings. The molecule has 14 heavy (non-hydrogen) atoms. The van der Waals surface area contributed by atoms with Gasteiger partial charge < -0.3 is 0 Å². The third-order valence-corrected chi connectivity index (χ3v) is 3.34. The lowest BCUT2D eigenvalue weighted by atomic mass is 10.1. The van der Waals surface area contributed by atoms with Gasteiger partial charge in [0, 0.05) is 29.5 Å². The van der Waals surface area contributed by atoms with Gasteiger partial charge >= 0.3 is 0 Å². The number of rotatable bonds is 2. The van der Waals surface area contributed by atoms with Crippen molar-refractivity contribution in [1.82, 2.24) is 9.97 Å². The first-order chi connectivity index (χ1) is 6.95. The summed E-state index contributed by atoms with van der Waals surface area (Å²) in [5.74, 6) is 0.761. The summed E-state index contributed by atoms with van der Waals surface area (Å²) in [6.07, 6.45) is 8.31. The van der Waals surface area contributed by atoms with Crippen molar-refractivity contribution in [3.8, 4) is 10.6 Å². The lowest BCUT2D eigenvalue weighted by Gasteiger charge is -2.03. The summed E-state index contributed by atoms with van der Waals surface area (Å²) in [5.41, 5.74) is 2.65. The second-order valence-electron chi connectivity index (χ2n) is 3.57. The van der Waals surface area contributed by atoms with Gasteiger partial charge in [-0.15, -0.1) is 11.3 Å². The summed E-state index contributed by atoms with van der Waals surface area (Å²) in [4.78, 5) is 8.51. The zero-order valence-electron chi connectivity index (χ0n) is 7.68. The number of thiazole rings is 1. The standard InChI is InChI=1S/C11H10N2S/c1-2-8(1)9-3-4-12-7-10(9)11-13-5-6-14-11/h3-8H,1-2H2. The number of aromatic nitrogens is 2. The summed E-state index contributed by atoms with van der Waals surface area (Å²) in [5, 5.41) is 3.11. The van der Waals surface area contributed by atoms with Gasteiger partial charge in [-0.1, -0.05) is 0 Å². The molecule has 1 fully saturated rings. The van der Waals surface area contributed by atoms with Gasteiger partial charge in [-0.3, -0.25) is 4.98 Å². The molecular formula is C11H10N2S. The van der Waals surface area contributed by atoms with E-state index in [-0.39, 0.29) is 0 Å². The van der Waals surface area contributed by atoms with Crippen LogP contribution in [0.5, 0.6) is 0 Å². The van der Waals surface area contributed by atoms with Gasteiger partial charge in [0.25, 0.3) is 0 Å². The first-order valence-corrected chi connectivity index (χ1v) is 5.67. The molecule has 0 aromatic carbocycles. The van der Waals surface area contributed by atoms with Crippen molar-refractivity contribution < 1.29 is 0 Å². The Balaban J connectivity index is 2.12. The Morgan fingerprint density at radius 3 is 2.93 bits per heavy atom. The largest absolute Gasteiger partial charge is 0.264 e. The van der Waals surface area contributed by atoms with E-state index >= 15 is 0 Å². The SMILES string of the molecule is c1cc(C2CC2)c(-c2nccs2)cn1. The van der Waals surface area contributed by atoms with Crippen LogP contribution in [0.1, 0.15) is 24.3 Å². The molecule has 3 rings (SSSR count). The topological polar surface area (TPSA) is 25.8 Å².